The van der Waals surface area contributed by atoms with Gasteiger partial charge >= 0.3 is 0 Å². The molecule has 0 unspecified atom stereocenters. The number of nitrogens with one attached hydrogen (secondary N) is 2. The van der Waals surface area contributed by atoms with Gasteiger partial charge in [-0.05, 0) is 30.5 Å². The molecular formula is C19H29IN4O2. The van der Waals surface area contributed by atoms with Crippen LogP contribution in [0.3, 0.4) is 0 Å². The third-order valence-electron chi connectivity index (χ3n) is 4.10. The molecule has 26 heavy (non-hydrogen) atoms. The van der Waals surface area contributed by atoms with Crippen LogP contribution in [0.15, 0.2) is 33.8 Å². The van der Waals surface area contributed by atoms with Gasteiger partial charge in [0.1, 0.15) is 11.5 Å². The number of aryl methyl sites for hydroxylation is 2. The van der Waals surface area contributed by atoms with Gasteiger partial charge in [0.25, 0.3) is 0 Å². The molecule has 1 aromatic carbocycles. The maximum absolute atomic E-state index is 5.40. The van der Waals surface area contributed by atoms with Gasteiger partial charge < -0.3 is 19.9 Å². The monoisotopic (exact) mass is 472 g/mol. The number of aliphatic imine (C=N–C) groups is 1. The molecule has 0 spiro atoms. The molecule has 6 nitrogen and oxygen atoms in total. The molecular weight excluding hydrogens is 443 g/mol. The highest BCUT2D eigenvalue weighted by Crippen LogP contribution is 2.15. The van der Waals surface area contributed by atoms with Gasteiger partial charge in [-0.25, -0.2) is 0 Å². The van der Waals surface area contributed by atoms with Crippen LogP contribution in [-0.2, 0) is 25.8 Å². The molecule has 0 aliphatic rings. The number of guanidine groups is 1. The van der Waals surface area contributed by atoms with Gasteiger partial charge in [-0.3, -0.25) is 4.99 Å². The van der Waals surface area contributed by atoms with E-state index in [4.69, 9.17) is 9.26 Å². The normalized spacial score (nSPS) is 11.0. The highest BCUT2D eigenvalue weighted by molar-refractivity contribution is 14.0. The summed E-state index contributed by atoms with van der Waals surface area (Å²) in [5.74, 6) is 2.59. The Kier molecular flexibility index (Phi) is 10.1. The van der Waals surface area contributed by atoms with Crippen LogP contribution in [-0.4, -0.2) is 31.8 Å². The van der Waals surface area contributed by atoms with Crippen molar-refractivity contribution in [2.75, 3.05) is 20.7 Å². The van der Waals surface area contributed by atoms with Crippen LogP contribution in [0.25, 0.3) is 0 Å². The zero-order valence-corrected chi connectivity index (χ0v) is 18.3. The molecule has 0 saturated carbocycles. The van der Waals surface area contributed by atoms with Gasteiger partial charge in [-0.1, -0.05) is 31.1 Å². The van der Waals surface area contributed by atoms with Gasteiger partial charge in [0.15, 0.2) is 5.96 Å². The molecule has 2 N–H and O–H groups in total. The Bertz CT molecular complexity index is 679. The van der Waals surface area contributed by atoms with E-state index in [9.17, 15) is 0 Å². The molecule has 2 aromatic rings. The molecule has 1 aromatic heterocycles. The maximum atomic E-state index is 5.40. The van der Waals surface area contributed by atoms with Gasteiger partial charge in [-0.2, -0.15) is 0 Å². The minimum absolute atomic E-state index is 0. The van der Waals surface area contributed by atoms with Crippen molar-refractivity contribution in [2.24, 2.45) is 4.99 Å². The smallest absolute Gasteiger partial charge is 0.191 e. The third kappa shape index (κ3) is 6.19. The molecule has 0 atom stereocenters. The predicted octanol–water partition coefficient (Wildman–Crippen LogP) is 3.33. The molecule has 0 bridgehead atoms. The number of benzene rings is 1. The summed E-state index contributed by atoms with van der Waals surface area (Å²) < 4.78 is 10.7. The number of hydrogen-bond donors (Lipinski definition) is 2. The van der Waals surface area contributed by atoms with Gasteiger partial charge in [0.2, 0.25) is 0 Å². The van der Waals surface area contributed by atoms with E-state index in [1.807, 2.05) is 12.1 Å². The number of halogens is 1. The van der Waals surface area contributed by atoms with Crippen molar-refractivity contribution in [2.45, 2.75) is 39.7 Å². The Labute approximate surface area is 172 Å². The Hall–Kier alpha value is -1.77. The molecule has 144 valence electrons. The van der Waals surface area contributed by atoms with Crippen LogP contribution in [0.4, 0.5) is 0 Å². The van der Waals surface area contributed by atoms with E-state index >= 15 is 0 Å². The molecule has 0 saturated heterocycles. The minimum Gasteiger partial charge on any atom is -0.497 e. The topological polar surface area (TPSA) is 71.7 Å². The predicted molar refractivity (Wildman–Crippen MR) is 116 cm³/mol. The SMILES string of the molecule is CCc1noc(CC)c1CNC(=NC)NCCc1cccc(OC)c1.I. The molecule has 0 amide bonds. The average Bonchev–Trinajstić information content (AvgIpc) is 3.06. The van der Waals surface area contributed by atoms with E-state index in [1.165, 1.54) is 5.56 Å². The summed E-state index contributed by atoms with van der Waals surface area (Å²) in [6.07, 6.45) is 2.60. The van der Waals surface area contributed by atoms with Crippen LogP contribution in [0.5, 0.6) is 5.75 Å². The number of methoxy groups -OCH3 is 1. The van der Waals surface area contributed by atoms with E-state index < -0.39 is 0 Å². The number of aromatic nitrogens is 1. The number of nitrogens with zero attached hydrogens (tertiary/aromatic N) is 2. The van der Waals surface area contributed by atoms with E-state index in [-0.39, 0.29) is 24.0 Å². The minimum atomic E-state index is 0. The van der Waals surface area contributed by atoms with Crippen LogP contribution in [0, 0.1) is 0 Å². The first-order chi connectivity index (χ1) is 12.2. The van der Waals surface area contributed by atoms with Gasteiger partial charge in [0, 0.05) is 32.1 Å². The largest absolute Gasteiger partial charge is 0.497 e. The van der Waals surface area contributed by atoms with Crippen molar-refractivity contribution in [3.8, 4) is 5.75 Å². The Balaban J connectivity index is 0.00000338. The fourth-order valence-corrected chi connectivity index (χ4v) is 2.68. The zero-order chi connectivity index (χ0) is 18.1. The van der Waals surface area contributed by atoms with Crippen molar-refractivity contribution < 1.29 is 9.26 Å². The summed E-state index contributed by atoms with van der Waals surface area (Å²) in [4.78, 5) is 4.28. The summed E-state index contributed by atoms with van der Waals surface area (Å²) in [6, 6.07) is 8.10. The third-order valence-corrected chi connectivity index (χ3v) is 4.10. The van der Waals surface area contributed by atoms with Gasteiger partial charge in [-0.15, -0.1) is 24.0 Å². The fraction of sp³-hybridized carbons (Fsp3) is 0.474. The molecule has 2 rings (SSSR count). The molecule has 0 aliphatic carbocycles. The lowest BCUT2D eigenvalue weighted by atomic mass is 10.1. The summed E-state index contributed by atoms with van der Waals surface area (Å²) in [5, 5.41) is 10.8. The molecule has 0 fully saturated rings. The van der Waals surface area contributed by atoms with Gasteiger partial charge in [0.05, 0.1) is 12.8 Å². The Morgan fingerprint density at radius 2 is 2.04 bits per heavy atom. The zero-order valence-electron chi connectivity index (χ0n) is 16.0. The Morgan fingerprint density at radius 3 is 2.69 bits per heavy atom. The first kappa shape index (κ1) is 22.3. The van der Waals surface area contributed by atoms with Crippen molar-refractivity contribution in [3.63, 3.8) is 0 Å². The second-order valence-corrected chi connectivity index (χ2v) is 5.69. The fourth-order valence-electron chi connectivity index (χ4n) is 2.68. The van der Waals surface area contributed by atoms with Crippen molar-refractivity contribution in [1.29, 1.82) is 0 Å². The van der Waals surface area contributed by atoms with Crippen molar-refractivity contribution >= 4 is 29.9 Å². The second kappa shape index (κ2) is 11.8. The molecule has 0 radical (unpaired) electrons. The van der Waals surface area contributed by atoms with E-state index in [2.05, 4.69) is 46.8 Å². The maximum Gasteiger partial charge on any atom is 0.191 e. The van der Waals surface area contributed by atoms with Crippen LogP contribution < -0.4 is 15.4 Å². The number of ether oxygens (including phenoxy) is 1. The van der Waals surface area contributed by atoms with Crippen molar-refractivity contribution in [1.82, 2.24) is 15.8 Å². The average molecular weight is 472 g/mol. The quantitative estimate of drug-likeness (QED) is 0.351. The number of rotatable bonds is 8. The lowest BCUT2D eigenvalue weighted by Crippen LogP contribution is -2.38. The summed E-state index contributed by atoms with van der Waals surface area (Å²) >= 11 is 0. The molecule has 7 heteroatoms. The van der Waals surface area contributed by atoms with E-state index in [1.54, 1.807) is 14.2 Å². The first-order valence-electron chi connectivity index (χ1n) is 8.75. The summed E-state index contributed by atoms with van der Waals surface area (Å²) in [6.45, 7) is 5.61. The standard InChI is InChI=1S/C19H28N4O2.HI/c1-5-17-16(18(6-2)25-23-17)13-22-19(20-3)21-11-10-14-8-7-9-15(12-14)24-4;/h7-9,12H,5-6,10-11,13H2,1-4H3,(H2,20,21,22);1H. The second-order valence-electron chi connectivity index (χ2n) is 5.69. The van der Waals surface area contributed by atoms with Crippen molar-refractivity contribution in [3.05, 3.63) is 46.8 Å². The Morgan fingerprint density at radius 1 is 1.23 bits per heavy atom. The highest BCUT2D eigenvalue weighted by Gasteiger charge is 2.13. The lowest BCUT2D eigenvalue weighted by Gasteiger charge is -2.12. The molecule has 0 aliphatic heterocycles. The number of hydrogen-bond acceptors (Lipinski definition) is 4. The van der Waals surface area contributed by atoms with Crippen LogP contribution in [0.2, 0.25) is 0 Å². The van der Waals surface area contributed by atoms with E-state index in [0.29, 0.717) is 6.54 Å². The van der Waals surface area contributed by atoms with Crippen LogP contribution in [0.1, 0.15) is 36.4 Å². The summed E-state index contributed by atoms with van der Waals surface area (Å²) in [7, 11) is 3.46. The summed E-state index contributed by atoms with van der Waals surface area (Å²) in [5.41, 5.74) is 3.37. The highest BCUT2D eigenvalue weighted by atomic mass is 127. The lowest BCUT2D eigenvalue weighted by molar-refractivity contribution is 0.380. The molecule has 1 heterocycles. The van der Waals surface area contributed by atoms with Crippen LogP contribution >= 0.6 is 24.0 Å². The first-order valence-corrected chi connectivity index (χ1v) is 8.75. The van der Waals surface area contributed by atoms with E-state index in [0.717, 1.165) is 54.5 Å².